The van der Waals surface area contributed by atoms with Gasteiger partial charge in [0.1, 0.15) is 18.0 Å². The third kappa shape index (κ3) is 4.85. The van der Waals surface area contributed by atoms with Crippen molar-refractivity contribution >= 4 is 23.1 Å². The van der Waals surface area contributed by atoms with Crippen molar-refractivity contribution in [1.82, 2.24) is 14.7 Å². The van der Waals surface area contributed by atoms with Gasteiger partial charge in [0.25, 0.3) is 5.91 Å². The quantitative estimate of drug-likeness (QED) is 0.402. The summed E-state index contributed by atoms with van der Waals surface area (Å²) >= 11 is 0. The molecule has 2 aromatic carbocycles. The van der Waals surface area contributed by atoms with E-state index in [1.54, 1.807) is 18.2 Å². The first-order valence-electron chi connectivity index (χ1n) is 10.2. The molecular weight excluding hydrogens is 449 g/mol. The van der Waals surface area contributed by atoms with Gasteiger partial charge in [0.05, 0.1) is 23.5 Å². The van der Waals surface area contributed by atoms with Gasteiger partial charge in [0.15, 0.2) is 17.5 Å². The van der Waals surface area contributed by atoms with E-state index < -0.39 is 41.5 Å². The van der Waals surface area contributed by atoms with E-state index in [4.69, 9.17) is 4.74 Å². The zero-order chi connectivity index (χ0) is 24.2. The Kier molecular flexibility index (Phi) is 6.48. The van der Waals surface area contributed by atoms with Crippen molar-refractivity contribution in [2.75, 3.05) is 11.9 Å². The lowest BCUT2D eigenvalue weighted by Crippen LogP contribution is -2.33. The smallest absolute Gasteiger partial charge is 0.255 e. The normalized spacial score (nSPS) is 10.8. The van der Waals surface area contributed by atoms with Crippen LogP contribution < -0.4 is 15.4 Å². The molecule has 0 fully saturated rings. The minimum absolute atomic E-state index is 0.112. The van der Waals surface area contributed by atoms with Crippen molar-refractivity contribution in [1.29, 1.82) is 0 Å². The average molecular weight is 468 g/mol. The molecule has 4 aromatic rings. The molecule has 0 radical (unpaired) electrons. The van der Waals surface area contributed by atoms with Gasteiger partial charge in [-0.2, -0.15) is 0 Å². The van der Waals surface area contributed by atoms with E-state index in [1.807, 2.05) is 35.9 Å². The molecule has 2 aromatic heterocycles. The van der Waals surface area contributed by atoms with Crippen LogP contribution >= 0.6 is 0 Å². The van der Waals surface area contributed by atoms with Gasteiger partial charge in [-0.25, -0.2) is 18.2 Å². The fourth-order valence-corrected chi connectivity index (χ4v) is 3.28. The van der Waals surface area contributed by atoms with Gasteiger partial charge in [-0.15, -0.1) is 0 Å². The number of rotatable bonds is 7. The van der Waals surface area contributed by atoms with E-state index in [2.05, 4.69) is 15.6 Å². The van der Waals surface area contributed by atoms with Gasteiger partial charge >= 0.3 is 0 Å². The molecule has 0 aliphatic carbocycles. The molecule has 2 heterocycles. The lowest BCUT2D eigenvalue weighted by atomic mass is 10.2. The number of halogens is 3. The fourth-order valence-electron chi connectivity index (χ4n) is 3.28. The van der Waals surface area contributed by atoms with Crippen LogP contribution in [-0.2, 0) is 11.4 Å². The number of anilines is 1. The third-order valence-corrected chi connectivity index (χ3v) is 4.95. The largest absolute Gasteiger partial charge is 0.486 e. The summed E-state index contributed by atoms with van der Waals surface area (Å²) in [6, 6.07) is 11.9. The van der Waals surface area contributed by atoms with E-state index in [0.29, 0.717) is 11.8 Å². The first kappa shape index (κ1) is 22.8. The molecule has 4 rings (SSSR count). The summed E-state index contributed by atoms with van der Waals surface area (Å²) in [4.78, 5) is 29.2. The minimum atomic E-state index is -1.70. The molecule has 0 saturated carbocycles. The number of amides is 2. The van der Waals surface area contributed by atoms with Crippen LogP contribution in [0.2, 0.25) is 0 Å². The second-order valence-corrected chi connectivity index (χ2v) is 7.39. The number of imidazole rings is 1. The van der Waals surface area contributed by atoms with Gasteiger partial charge in [-0.05, 0) is 42.8 Å². The zero-order valence-corrected chi connectivity index (χ0v) is 17.9. The molecule has 0 spiro atoms. The number of benzene rings is 2. The summed E-state index contributed by atoms with van der Waals surface area (Å²) in [5.74, 6) is -5.76. The predicted octanol–water partition coefficient (Wildman–Crippen LogP) is 4.01. The molecule has 7 nitrogen and oxygen atoms in total. The Balaban J connectivity index is 1.38. The number of para-hydroxylation sites is 1. The van der Waals surface area contributed by atoms with Crippen molar-refractivity contribution in [3.05, 3.63) is 95.2 Å². The number of hydrogen-bond acceptors (Lipinski definition) is 4. The maximum absolute atomic E-state index is 13.7. The fraction of sp³-hybridized carbons (Fsp3) is 0.125. The Morgan fingerprint density at radius 1 is 1.03 bits per heavy atom. The van der Waals surface area contributed by atoms with Crippen LogP contribution in [0.3, 0.4) is 0 Å². The van der Waals surface area contributed by atoms with Gasteiger partial charge < -0.3 is 19.8 Å². The molecule has 0 bridgehead atoms. The first-order valence-corrected chi connectivity index (χ1v) is 10.2. The highest BCUT2D eigenvalue weighted by atomic mass is 19.2. The van der Waals surface area contributed by atoms with E-state index in [1.165, 1.54) is 6.07 Å². The highest BCUT2D eigenvalue weighted by Crippen LogP contribution is 2.21. The maximum atomic E-state index is 13.7. The van der Waals surface area contributed by atoms with E-state index >= 15 is 0 Å². The first-order chi connectivity index (χ1) is 16.3. The summed E-state index contributed by atoms with van der Waals surface area (Å²) in [5.41, 5.74) is 2.11. The van der Waals surface area contributed by atoms with Crippen molar-refractivity contribution in [2.24, 2.45) is 0 Å². The van der Waals surface area contributed by atoms with Crippen LogP contribution in [0.4, 0.5) is 18.9 Å². The summed E-state index contributed by atoms with van der Waals surface area (Å²) < 4.78 is 47.7. The number of nitrogens with zero attached hydrogens (tertiary/aromatic N) is 2. The Morgan fingerprint density at radius 2 is 1.82 bits per heavy atom. The number of carbonyl (C=O) groups is 2. The van der Waals surface area contributed by atoms with Crippen LogP contribution in [0, 0.1) is 24.4 Å². The molecule has 0 saturated heterocycles. The molecule has 2 N–H and O–H groups in total. The number of pyridine rings is 1. The molecule has 0 unspecified atom stereocenters. The topological polar surface area (TPSA) is 84.7 Å². The van der Waals surface area contributed by atoms with Gasteiger partial charge in [0, 0.05) is 12.4 Å². The van der Waals surface area contributed by atoms with Crippen LogP contribution in [0.15, 0.2) is 60.9 Å². The van der Waals surface area contributed by atoms with Crippen molar-refractivity contribution in [3.63, 3.8) is 0 Å². The molecule has 0 aliphatic rings. The Hall–Kier alpha value is -4.34. The number of ether oxygens (including phenoxy) is 1. The van der Waals surface area contributed by atoms with Gasteiger partial charge in [0.2, 0.25) is 5.91 Å². The summed E-state index contributed by atoms with van der Waals surface area (Å²) in [6.07, 6.45) is 3.70. The van der Waals surface area contributed by atoms with Gasteiger partial charge in [-0.1, -0.05) is 18.2 Å². The molecule has 174 valence electrons. The van der Waals surface area contributed by atoms with E-state index in [-0.39, 0.29) is 17.9 Å². The highest BCUT2D eigenvalue weighted by Gasteiger charge is 2.17. The van der Waals surface area contributed by atoms with E-state index in [0.717, 1.165) is 17.3 Å². The van der Waals surface area contributed by atoms with Gasteiger partial charge in [-0.3, -0.25) is 9.59 Å². The summed E-state index contributed by atoms with van der Waals surface area (Å²) in [7, 11) is 0. The van der Waals surface area contributed by atoms with Crippen molar-refractivity contribution < 1.29 is 27.5 Å². The van der Waals surface area contributed by atoms with Crippen LogP contribution in [0.5, 0.6) is 5.75 Å². The number of aryl methyl sites for hydroxylation is 1. The SMILES string of the molecule is Cc1cccn2cc(COc3ccccc3C(=O)NCC(=O)Nc3ccc(F)c(F)c3F)nc12. The summed E-state index contributed by atoms with van der Waals surface area (Å²) in [5, 5.41) is 4.48. The molecule has 10 heteroatoms. The molecule has 2 amide bonds. The zero-order valence-electron chi connectivity index (χ0n) is 17.9. The number of carbonyl (C=O) groups excluding carboxylic acids is 2. The predicted molar refractivity (Wildman–Crippen MR) is 118 cm³/mol. The Morgan fingerprint density at radius 3 is 2.62 bits per heavy atom. The number of nitrogens with one attached hydrogen (secondary N) is 2. The maximum Gasteiger partial charge on any atom is 0.255 e. The standard InChI is InChI=1S/C24H19F3N4O3/c1-14-5-4-10-31-12-15(29-23(14)31)13-34-19-7-3-2-6-16(19)24(33)28-11-20(32)30-18-9-8-17(25)21(26)22(18)27/h2-10,12H,11,13H2,1H3,(H,28,33)(H,30,32). The highest BCUT2D eigenvalue weighted by molar-refractivity contribution is 6.00. The van der Waals surface area contributed by atoms with Crippen molar-refractivity contribution in [3.8, 4) is 5.75 Å². The number of hydrogen-bond donors (Lipinski definition) is 2. The van der Waals surface area contributed by atoms with Crippen LogP contribution in [-0.4, -0.2) is 27.7 Å². The number of aromatic nitrogens is 2. The van der Waals surface area contributed by atoms with Crippen LogP contribution in [0.25, 0.3) is 5.65 Å². The number of fused-ring (bicyclic) bond motifs is 1. The monoisotopic (exact) mass is 468 g/mol. The lowest BCUT2D eigenvalue weighted by molar-refractivity contribution is -0.115. The third-order valence-electron chi connectivity index (χ3n) is 4.95. The Bertz CT molecular complexity index is 1390. The molecule has 34 heavy (non-hydrogen) atoms. The summed E-state index contributed by atoms with van der Waals surface area (Å²) in [6.45, 7) is 1.53. The second-order valence-electron chi connectivity index (χ2n) is 7.39. The molecular formula is C24H19F3N4O3. The second kappa shape index (κ2) is 9.65. The van der Waals surface area contributed by atoms with Crippen LogP contribution in [0.1, 0.15) is 21.6 Å². The van der Waals surface area contributed by atoms with E-state index in [9.17, 15) is 22.8 Å². The Labute approximate surface area is 192 Å². The lowest BCUT2D eigenvalue weighted by Gasteiger charge is -2.11. The minimum Gasteiger partial charge on any atom is -0.486 e. The molecule has 0 atom stereocenters. The molecule has 0 aliphatic heterocycles. The average Bonchev–Trinajstić information content (AvgIpc) is 3.26. The van der Waals surface area contributed by atoms with Crippen molar-refractivity contribution in [2.45, 2.75) is 13.5 Å².